The molecule has 2 fully saturated rings. The fourth-order valence-electron chi connectivity index (χ4n) is 4.40. The number of carbonyl (C=O) groups is 1. The number of rotatable bonds is 2. The Morgan fingerprint density at radius 2 is 2.35 bits per heavy atom. The largest absolute Gasteiger partial charge is 0.466 e. The molecule has 4 heteroatoms. The highest BCUT2D eigenvalue weighted by Crippen LogP contribution is 2.47. The Morgan fingerprint density at radius 1 is 1.55 bits per heavy atom. The molecule has 0 aromatic rings. The standard InChI is InChI=1S/C16H24BrNO2/c1-3-20-16(19)15-10(2)14(17)7-11-9-18-6-4-5-12(18)8-13(11)15/h7,10-13,15H,3-6,8-9H2,1-2H3/t10-,11-,12?,13+,15+/m0/s1. The van der Waals surface area contributed by atoms with Crippen LogP contribution >= 0.6 is 15.9 Å². The average Bonchev–Trinajstić information content (AvgIpc) is 2.85. The van der Waals surface area contributed by atoms with Crippen LogP contribution in [0.4, 0.5) is 0 Å². The zero-order chi connectivity index (χ0) is 14.3. The van der Waals surface area contributed by atoms with E-state index < -0.39 is 0 Å². The molecular weight excluding hydrogens is 318 g/mol. The summed E-state index contributed by atoms with van der Waals surface area (Å²) in [6, 6.07) is 0.700. The van der Waals surface area contributed by atoms with Gasteiger partial charge in [-0.15, -0.1) is 0 Å². The number of hydrogen-bond donors (Lipinski definition) is 0. The van der Waals surface area contributed by atoms with Crippen LogP contribution in [0.15, 0.2) is 10.6 Å². The Balaban J connectivity index is 1.85. The molecule has 0 aromatic carbocycles. The molecule has 3 aliphatic rings. The van der Waals surface area contributed by atoms with Crippen molar-refractivity contribution < 1.29 is 9.53 Å². The van der Waals surface area contributed by atoms with Gasteiger partial charge in [0.05, 0.1) is 12.5 Å². The molecule has 2 aliphatic heterocycles. The van der Waals surface area contributed by atoms with Gasteiger partial charge in [0, 0.05) is 18.5 Å². The van der Waals surface area contributed by atoms with Crippen molar-refractivity contribution in [1.29, 1.82) is 0 Å². The van der Waals surface area contributed by atoms with Crippen LogP contribution in [0.25, 0.3) is 0 Å². The van der Waals surface area contributed by atoms with E-state index in [4.69, 9.17) is 4.74 Å². The van der Waals surface area contributed by atoms with Crippen molar-refractivity contribution >= 4 is 21.9 Å². The maximum absolute atomic E-state index is 12.4. The molecule has 1 unspecified atom stereocenters. The summed E-state index contributed by atoms with van der Waals surface area (Å²) in [6.07, 6.45) is 6.14. The summed E-state index contributed by atoms with van der Waals surface area (Å²) in [4.78, 5) is 15.0. The Morgan fingerprint density at radius 3 is 3.10 bits per heavy atom. The van der Waals surface area contributed by atoms with Gasteiger partial charge in [-0.05, 0) is 49.0 Å². The quantitative estimate of drug-likeness (QED) is 0.722. The SMILES string of the molecule is CCOC(=O)[C@H]1[C@@H]2CC3CCCN3C[C@@H]2C=C(Br)[C@@H]1C. The molecule has 0 radical (unpaired) electrons. The van der Waals surface area contributed by atoms with Gasteiger partial charge in [0.2, 0.25) is 0 Å². The second-order valence-corrected chi connectivity index (χ2v) is 7.39. The topological polar surface area (TPSA) is 29.5 Å². The van der Waals surface area contributed by atoms with Crippen molar-refractivity contribution in [1.82, 2.24) is 4.90 Å². The predicted molar refractivity (Wildman–Crippen MR) is 82.5 cm³/mol. The fourth-order valence-corrected chi connectivity index (χ4v) is 5.03. The minimum atomic E-state index is 0.00602. The molecule has 3 nitrogen and oxygen atoms in total. The molecule has 5 atom stereocenters. The van der Waals surface area contributed by atoms with Gasteiger partial charge in [-0.3, -0.25) is 9.69 Å². The molecular formula is C16H24BrNO2. The number of allylic oxidation sites excluding steroid dienone is 1. The second kappa shape index (κ2) is 5.80. The molecule has 112 valence electrons. The van der Waals surface area contributed by atoms with Gasteiger partial charge in [0.15, 0.2) is 0 Å². The number of nitrogens with zero attached hydrogens (tertiary/aromatic N) is 1. The summed E-state index contributed by atoms with van der Waals surface area (Å²) in [7, 11) is 0. The first kappa shape index (κ1) is 14.6. The maximum atomic E-state index is 12.4. The van der Waals surface area contributed by atoms with Crippen molar-refractivity contribution in [2.75, 3.05) is 19.7 Å². The molecule has 0 N–H and O–H groups in total. The highest BCUT2D eigenvalue weighted by atomic mass is 79.9. The van der Waals surface area contributed by atoms with E-state index in [0.29, 0.717) is 24.5 Å². The van der Waals surface area contributed by atoms with E-state index in [1.165, 1.54) is 23.9 Å². The molecule has 0 bridgehead atoms. The summed E-state index contributed by atoms with van der Waals surface area (Å²) in [6.45, 7) is 6.88. The highest BCUT2D eigenvalue weighted by Gasteiger charge is 2.47. The normalized spacial score (nSPS) is 40.8. The summed E-state index contributed by atoms with van der Waals surface area (Å²) in [5.41, 5.74) is 0. The fraction of sp³-hybridized carbons (Fsp3) is 0.812. The monoisotopic (exact) mass is 341 g/mol. The van der Waals surface area contributed by atoms with E-state index in [1.54, 1.807) is 0 Å². The molecule has 0 aromatic heterocycles. The summed E-state index contributed by atoms with van der Waals surface area (Å²) < 4.78 is 6.55. The van der Waals surface area contributed by atoms with Gasteiger partial charge >= 0.3 is 5.97 Å². The second-order valence-electron chi connectivity index (χ2n) is 6.47. The van der Waals surface area contributed by atoms with Gasteiger partial charge in [0.1, 0.15) is 0 Å². The Kier molecular flexibility index (Phi) is 4.23. The summed E-state index contributed by atoms with van der Waals surface area (Å²) in [5, 5.41) is 0. The van der Waals surface area contributed by atoms with Crippen molar-refractivity contribution in [2.24, 2.45) is 23.7 Å². The van der Waals surface area contributed by atoms with Gasteiger partial charge in [-0.1, -0.05) is 28.9 Å². The molecule has 0 amide bonds. The van der Waals surface area contributed by atoms with Crippen LogP contribution in [0.2, 0.25) is 0 Å². The summed E-state index contributed by atoms with van der Waals surface area (Å²) in [5.74, 6) is 1.26. The zero-order valence-electron chi connectivity index (χ0n) is 12.3. The highest BCUT2D eigenvalue weighted by molar-refractivity contribution is 9.11. The maximum Gasteiger partial charge on any atom is 0.309 e. The lowest BCUT2D eigenvalue weighted by atomic mass is 9.66. The molecule has 3 rings (SSSR count). The Bertz CT molecular complexity index is 423. The first-order valence-corrected chi connectivity index (χ1v) is 8.69. The van der Waals surface area contributed by atoms with Crippen molar-refractivity contribution in [3.8, 4) is 0 Å². The zero-order valence-corrected chi connectivity index (χ0v) is 13.9. The third kappa shape index (κ3) is 2.45. The van der Waals surface area contributed by atoms with Crippen LogP contribution in [0.3, 0.4) is 0 Å². The number of carbonyl (C=O) groups excluding carboxylic acids is 1. The number of fused-ring (bicyclic) bond motifs is 2. The van der Waals surface area contributed by atoms with E-state index in [1.807, 2.05) is 6.92 Å². The van der Waals surface area contributed by atoms with Crippen molar-refractivity contribution in [2.45, 2.75) is 39.2 Å². The number of piperidine rings is 1. The average molecular weight is 342 g/mol. The minimum Gasteiger partial charge on any atom is -0.466 e. The molecule has 0 spiro atoms. The van der Waals surface area contributed by atoms with Crippen LogP contribution < -0.4 is 0 Å². The van der Waals surface area contributed by atoms with Gasteiger partial charge < -0.3 is 4.74 Å². The Labute approximate surface area is 129 Å². The van der Waals surface area contributed by atoms with Gasteiger partial charge in [0.25, 0.3) is 0 Å². The number of halogens is 1. The number of hydrogen-bond acceptors (Lipinski definition) is 3. The van der Waals surface area contributed by atoms with Gasteiger partial charge in [-0.25, -0.2) is 0 Å². The van der Waals surface area contributed by atoms with E-state index in [0.717, 1.165) is 13.0 Å². The van der Waals surface area contributed by atoms with E-state index in [9.17, 15) is 4.79 Å². The third-order valence-corrected chi connectivity index (χ3v) is 6.39. The number of esters is 1. The smallest absolute Gasteiger partial charge is 0.309 e. The molecule has 2 heterocycles. The van der Waals surface area contributed by atoms with Crippen LogP contribution in [0.1, 0.15) is 33.1 Å². The van der Waals surface area contributed by atoms with Crippen molar-refractivity contribution in [3.05, 3.63) is 10.6 Å². The first-order valence-electron chi connectivity index (χ1n) is 7.89. The third-order valence-electron chi connectivity index (χ3n) is 5.41. The van der Waals surface area contributed by atoms with Crippen LogP contribution in [0, 0.1) is 23.7 Å². The van der Waals surface area contributed by atoms with Crippen LogP contribution in [-0.4, -0.2) is 36.6 Å². The molecule has 0 saturated carbocycles. The molecule has 2 saturated heterocycles. The molecule has 20 heavy (non-hydrogen) atoms. The van der Waals surface area contributed by atoms with Gasteiger partial charge in [-0.2, -0.15) is 0 Å². The lowest BCUT2D eigenvalue weighted by Crippen LogP contribution is -2.50. The van der Waals surface area contributed by atoms with Crippen molar-refractivity contribution in [3.63, 3.8) is 0 Å². The Hall–Kier alpha value is -0.350. The van der Waals surface area contributed by atoms with Crippen LogP contribution in [0.5, 0.6) is 0 Å². The lowest BCUT2D eigenvalue weighted by Gasteiger charge is -2.46. The van der Waals surface area contributed by atoms with E-state index >= 15 is 0 Å². The first-order chi connectivity index (χ1) is 9.61. The van der Waals surface area contributed by atoms with E-state index in [-0.39, 0.29) is 17.8 Å². The predicted octanol–water partition coefficient (Wildman–Crippen LogP) is 3.19. The lowest BCUT2D eigenvalue weighted by molar-refractivity contribution is -0.154. The van der Waals surface area contributed by atoms with Crippen LogP contribution in [-0.2, 0) is 9.53 Å². The van der Waals surface area contributed by atoms with E-state index in [2.05, 4.69) is 33.8 Å². The number of ether oxygens (including phenoxy) is 1. The summed E-state index contributed by atoms with van der Waals surface area (Å²) >= 11 is 3.68. The minimum absolute atomic E-state index is 0.00602. The molecule has 1 aliphatic carbocycles.